The van der Waals surface area contributed by atoms with Gasteiger partial charge in [0.1, 0.15) is 5.60 Å². The van der Waals surface area contributed by atoms with Crippen LogP contribution in [0.25, 0.3) is 0 Å². The molecule has 4 aliphatic rings. The highest BCUT2D eigenvalue weighted by molar-refractivity contribution is 5.91. The van der Waals surface area contributed by atoms with Gasteiger partial charge < -0.3 is 5.11 Å². The molecule has 0 amide bonds. The summed E-state index contributed by atoms with van der Waals surface area (Å²) in [6.45, 7) is 6.94. The maximum atomic E-state index is 12.0. The Kier molecular flexibility index (Phi) is 3.40. The van der Waals surface area contributed by atoms with Crippen molar-refractivity contribution >= 4 is 5.78 Å². The normalized spacial score (nSPS) is 53.5. The Labute approximate surface area is 146 Å². The van der Waals surface area contributed by atoms with Crippen LogP contribution in [0, 0.1) is 46.8 Å². The van der Waals surface area contributed by atoms with E-state index in [0.29, 0.717) is 35.9 Å². The number of rotatable bonds is 0. The van der Waals surface area contributed by atoms with Gasteiger partial charge in [0.25, 0.3) is 0 Å². The van der Waals surface area contributed by atoms with Crippen molar-refractivity contribution in [2.75, 3.05) is 0 Å². The van der Waals surface area contributed by atoms with Crippen molar-refractivity contribution in [3.8, 4) is 12.3 Å². The van der Waals surface area contributed by atoms with E-state index in [2.05, 4.69) is 26.7 Å². The van der Waals surface area contributed by atoms with E-state index in [0.717, 1.165) is 38.5 Å². The quantitative estimate of drug-likeness (QED) is 0.680. The highest BCUT2D eigenvalue weighted by Gasteiger charge is 2.64. The van der Waals surface area contributed by atoms with Crippen molar-refractivity contribution in [2.24, 2.45) is 34.5 Å². The van der Waals surface area contributed by atoms with Crippen LogP contribution < -0.4 is 0 Å². The molecule has 0 heterocycles. The second kappa shape index (κ2) is 4.98. The number of carbonyl (C=O) groups excluding carboxylic acids is 1. The Morgan fingerprint density at radius 2 is 1.92 bits per heavy atom. The number of aliphatic hydroxyl groups is 1. The van der Waals surface area contributed by atoms with Gasteiger partial charge in [-0.15, -0.1) is 6.42 Å². The molecule has 0 spiro atoms. The highest BCUT2D eigenvalue weighted by Crippen LogP contribution is 2.68. The Morgan fingerprint density at radius 1 is 1.21 bits per heavy atom. The van der Waals surface area contributed by atoms with E-state index in [4.69, 9.17) is 6.42 Å². The molecule has 7 atom stereocenters. The molecular weight excluding hydrogens is 296 g/mol. The van der Waals surface area contributed by atoms with E-state index in [-0.39, 0.29) is 10.8 Å². The summed E-state index contributed by atoms with van der Waals surface area (Å²) in [6, 6.07) is 0. The van der Waals surface area contributed by atoms with Gasteiger partial charge >= 0.3 is 0 Å². The van der Waals surface area contributed by atoms with Crippen LogP contribution in [0.15, 0.2) is 11.6 Å². The first-order chi connectivity index (χ1) is 11.2. The van der Waals surface area contributed by atoms with Gasteiger partial charge in [-0.3, -0.25) is 4.79 Å². The number of fused-ring (bicyclic) bond motifs is 5. The lowest BCUT2D eigenvalue weighted by molar-refractivity contribution is -0.121. The average molecular weight is 326 g/mol. The second-order valence-corrected chi connectivity index (χ2v) is 9.50. The minimum Gasteiger partial charge on any atom is -0.377 e. The van der Waals surface area contributed by atoms with Crippen LogP contribution in [-0.4, -0.2) is 16.5 Å². The zero-order chi connectivity index (χ0) is 17.3. The molecule has 24 heavy (non-hydrogen) atoms. The molecule has 1 N–H and O–H groups in total. The van der Waals surface area contributed by atoms with E-state index in [1.165, 1.54) is 5.57 Å². The molecule has 0 aromatic rings. The van der Waals surface area contributed by atoms with E-state index in [1.54, 1.807) is 0 Å². The Balaban J connectivity index is 1.74. The predicted molar refractivity (Wildman–Crippen MR) is 95.0 cm³/mol. The maximum absolute atomic E-state index is 12.0. The molecule has 3 saturated carbocycles. The van der Waals surface area contributed by atoms with Gasteiger partial charge in [0.2, 0.25) is 0 Å². The third-order valence-electron chi connectivity index (χ3n) is 8.67. The third kappa shape index (κ3) is 1.86. The number of ketones is 1. The number of hydrogen-bond donors (Lipinski definition) is 1. The van der Waals surface area contributed by atoms with Crippen molar-refractivity contribution in [3.63, 3.8) is 0 Å². The van der Waals surface area contributed by atoms with Crippen molar-refractivity contribution in [1.29, 1.82) is 0 Å². The zero-order valence-electron chi connectivity index (χ0n) is 15.3. The van der Waals surface area contributed by atoms with Crippen molar-refractivity contribution in [3.05, 3.63) is 11.6 Å². The summed E-state index contributed by atoms with van der Waals surface area (Å²) in [7, 11) is 0. The second-order valence-electron chi connectivity index (χ2n) is 9.50. The van der Waals surface area contributed by atoms with Gasteiger partial charge in [-0.25, -0.2) is 0 Å². The van der Waals surface area contributed by atoms with Gasteiger partial charge in [-0.05, 0) is 73.7 Å². The number of terminal acetylenes is 1. The smallest absolute Gasteiger partial charge is 0.155 e. The molecule has 0 aromatic carbocycles. The summed E-state index contributed by atoms with van der Waals surface area (Å²) in [6.07, 6.45) is 14.6. The standard InChI is InChI=1S/C22H30O2/c1-5-22(24)11-8-18-16-12-14(2)19-13-15(23)6-9-20(19,3)17(16)7-10-21(18,22)4/h1,13-14,16-18,24H,6-12H2,2-4H3/t14-,16+,17-,18-,20+,21-,22-/m0/s1. The van der Waals surface area contributed by atoms with E-state index >= 15 is 0 Å². The third-order valence-corrected chi connectivity index (χ3v) is 8.67. The monoisotopic (exact) mass is 326 g/mol. The zero-order valence-corrected chi connectivity index (χ0v) is 15.3. The summed E-state index contributed by atoms with van der Waals surface area (Å²) in [5, 5.41) is 11.0. The molecule has 0 aliphatic heterocycles. The van der Waals surface area contributed by atoms with Crippen LogP contribution in [0.2, 0.25) is 0 Å². The fourth-order valence-corrected chi connectivity index (χ4v) is 7.24. The Morgan fingerprint density at radius 3 is 2.62 bits per heavy atom. The fraction of sp³-hybridized carbons (Fsp3) is 0.773. The molecule has 4 rings (SSSR count). The van der Waals surface area contributed by atoms with Crippen molar-refractivity contribution < 1.29 is 9.90 Å². The van der Waals surface area contributed by atoms with Gasteiger partial charge in [-0.1, -0.05) is 32.3 Å². The summed E-state index contributed by atoms with van der Waals surface area (Å²) < 4.78 is 0. The molecule has 0 aromatic heterocycles. The van der Waals surface area contributed by atoms with Crippen LogP contribution >= 0.6 is 0 Å². The lowest BCUT2D eigenvalue weighted by atomic mass is 9.45. The first kappa shape index (κ1) is 16.4. The Hall–Kier alpha value is -1.07. The number of allylic oxidation sites excluding steroid dienone is 1. The molecule has 2 nitrogen and oxygen atoms in total. The van der Waals surface area contributed by atoms with Gasteiger partial charge in [0, 0.05) is 11.8 Å². The molecule has 0 saturated heterocycles. The van der Waals surface area contributed by atoms with Crippen molar-refractivity contribution in [1.82, 2.24) is 0 Å². The first-order valence-electron chi connectivity index (χ1n) is 9.70. The molecular formula is C22H30O2. The van der Waals surface area contributed by atoms with Gasteiger partial charge in [-0.2, -0.15) is 0 Å². The minimum atomic E-state index is -0.925. The van der Waals surface area contributed by atoms with Crippen LogP contribution in [0.4, 0.5) is 0 Å². The summed E-state index contributed by atoms with van der Waals surface area (Å²) >= 11 is 0. The van der Waals surface area contributed by atoms with E-state index < -0.39 is 5.60 Å². The van der Waals surface area contributed by atoms with Gasteiger partial charge in [0.15, 0.2) is 5.78 Å². The number of carbonyl (C=O) groups is 1. The van der Waals surface area contributed by atoms with E-state index in [1.807, 2.05) is 6.08 Å². The molecule has 130 valence electrons. The molecule has 0 bridgehead atoms. The molecule has 0 unspecified atom stereocenters. The maximum Gasteiger partial charge on any atom is 0.155 e. The van der Waals surface area contributed by atoms with Crippen molar-refractivity contribution in [2.45, 2.75) is 71.3 Å². The summed E-state index contributed by atoms with van der Waals surface area (Å²) in [4.78, 5) is 12.0. The van der Waals surface area contributed by atoms with Crippen LogP contribution in [-0.2, 0) is 4.79 Å². The predicted octanol–water partition coefficient (Wildman–Crippen LogP) is 4.13. The fourth-order valence-electron chi connectivity index (χ4n) is 7.24. The first-order valence-corrected chi connectivity index (χ1v) is 9.70. The lowest BCUT2D eigenvalue weighted by Crippen LogP contribution is -2.55. The van der Waals surface area contributed by atoms with E-state index in [9.17, 15) is 9.90 Å². The topological polar surface area (TPSA) is 37.3 Å². The average Bonchev–Trinajstić information content (AvgIpc) is 2.82. The minimum absolute atomic E-state index is 0.134. The molecule has 2 heteroatoms. The summed E-state index contributed by atoms with van der Waals surface area (Å²) in [5.74, 6) is 5.35. The largest absolute Gasteiger partial charge is 0.377 e. The van der Waals surface area contributed by atoms with Crippen LogP contribution in [0.3, 0.4) is 0 Å². The molecule has 4 aliphatic carbocycles. The number of hydrogen-bond acceptors (Lipinski definition) is 2. The van der Waals surface area contributed by atoms with Crippen LogP contribution in [0.1, 0.15) is 65.7 Å². The molecule has 3 fully saturated rings. The van der Waals surface area contributed by atoms with Gasteiger partial charge in [0.05, 0.1) is 0 Å². The summed E-state index contributed by atoms with van der Waals surface area (Å²) in [5.41, 5.74) is 0.527. The Bertz CT molecular complexity index is 655. The van der Waals surface area contributed by atoms with Crippen LogP contribution in [0.5, 0.6) is 0 Å². The lowest BCUT2D eigenvalue weighted by Gasteiger charge is -2.60. The molecule has 0 radical (unpaired) electrons. The highest BCUT2D eigenvalue weighted by atomic mass is 16.3. The SMILES string of the molecule is C#C[C@]1(O)CC[C@H]2[C@@H]3C[C@H](C)C4=CC(=O)CC[C@]4(C)[C@H]3CC[C@@]21C.